The molecular weight excluding hydrogens is 262 g/mol. The molecule has 0 bridgehead atoms. The molecule has 1 aliphatic carbocycles. The molecule has 5 N–H and O–H groups in total. The van der Waals surface area contributed by atoms with Gasteiger partial charge in [-0.1, -0.05) is 24.3 Å². The third kappa shape index (κ3) is 1.99. The summed E-state index contributed by atoms with van der Waals surface area (Å²) in [6.45, 7) is 0.489. The van der Waals surface area contributed by atoms with Gasteiger partial charge in [-0.25, -0.2) is 0 Å². The van der Waals surface area contributed by atoms with Crippen LogP contribution in [0.1, 0.15) is 29.0 Å². The average molecular weight is 281 g/mol. The summed E-state index contributed by atoms with van der Waals surface area (Å²) in [5.74, 6) is -0.685. The second kappa shape index (κ2) is 4.48. The van der Waals surface area contributed by atoms with Crippen LogP contribution >= 0.6 is 0 Å². The number of nitrogens with one attached hydrogen (secondary N) is 1. The van der Waals surface area contributed by atoms with Crippen LogP contribution in [-0.2, 0) is 17.8 Å². The molecule has 2 aromatic carbocycles. The van der Waals surface area contributed by atoms with E-state index in [1.807, 2.05) is 18.2 Å². The van der Waals surface area contributed by atoms with Crippen molar-refractivity contribution >= 4 is 11.4 Å². The fraction of sp³-hybridized carbons (Fsp3) is 0.294. The van der Waals surface area contributed by atoms with Crippen LogP contribution in [0.5, 0.6) is 0 Å². The smallest absolute Gasteiger partial charge is 0.200 e. The predicted molar refractivity (Wildman–Crippen MR) is 83.7 cm³/mol. The van der Waals surface area contributed by atoms with Gasteiger partial charge in [0.1, 0.15) is 0 Å². The molecule has 0 saturated heterocycles. The van der Waals surface area contributed by atoms with Crippen molar-refractivity contribution in [1.82, 2.24) is 0 Å². The lowest BCUT2D eigenvalue weighted by Crippen LogP contribution is -2.56. The zero-order chi connectivity index (χ0) is 14.4. The number of nitrogens with two attached hydrogens (primary N) is 2. The number of anilines is 2. The van der Waals surface area contributed by atoms with E-state index in [4.69, 9.17) is 16.2 Å². The predicted octanol–water partition coefficient (Wildman–Crippen LogP) is 2.55. The van der Waals surface area contributed by atoms with Crippen molar-refractivity contribution in [3.05, 3.63) is 59.2 Å². The van der Waals surface area contributed by atoms with E-state index in [1.54, 1.807) is 0 Å². The first-order valence-electron chi connectivity index (χ1n) is 7.33. The second-order valence-electron chi connectivity index (χ2n) is 5.91. The third-order valence-corrected chi connectivity index (χ3v) is 4.58. The largest absolute Gasteiger partial charge is 0.399 e. The molecule has 2 aliphatic rings. The summed E-state index contributed by atoms with van der Waals surface area (Å²) in [5.41, 5.74) is 17.9. The lowest BCUT2D eigenvalue weighted by atomic mass is 9.94. The van der Waals surface area contributed by atoms with E-state index in [2.05, 4.69) is 29.6 Å². The van der Waals surface area contributed by atoms with Gasteiger partial charge < -0.3 is 15.8 Å². The van der Waals surface area contributed by atoms with Gasteiger partial charge in [0, 0.05) is 22.9 Å². The van der Waals surface area contributed by atoms with Gasteiger partial charge >= 0.3 is 0 Å². The van der Waals surface area contributed by atoms with E-state index in [1.165, 1.54) is 11.1 Å². The normalized spacial score (nSPS) is 26.8. The van der Waals surface area contributed by atoms with E-state index in [-0.39, 0.29) is 5.92 Å². The maximum atomic E-state index is 6.57. The average Bonchev–Trinajstić information content (AvgIpc) is 2.92. The molecule has 0 spiro atoms. The van der Waals surface area contributed by atoms with Crippen LogP contribution in [0.25, 0.3) is 0 Å². The summed E-state index contributed by atoms with van der Waals surface area (Å²) in [5, 5.41) is 3.38. The molecule has 4 rings (SSSR count). The fourth-order valence-electron chi connectivity index (χ4n) is 3.49. The lowest BCUT2D eigenvalue weighted by Gasteiger charge is -2.41. The number of aryl methyl sites for hydroxylation is 1. The van der Waals surface area contributed by atoms with Crippen LogP contribution < -0.4 is 16.8 Å². The summed E-state index contributed by atoms with van der Waals surface area (Å²) in [4.78, 5) is 0. The first kappa shape index (κ1) is 12.7. The van der Waals surface area contributed by atoms with Crippen molar-refractivity contribution in [2.24, 2.45) is 5.73 Å². The van der Waals surface area contributed by atoms with Gasteiger partial charge in [0.2, 0.25) is 0 Å². The third-order valence-electron chi connectivity index (χ3n) is 4.58. The molecule has 4 nitrogen and oxygen atoms in total. The standard InChI is InChI=1S/C17H19N3O/c18-13-6-8-16-12(9-13)10-21-17(19,20-16)15-7-5-11-3-1-2-4-14(11)15/h1-4,6,8-9,15,20H,5,7,10,18-19H2/t15?,17-/m1/s1. The first-order chi connectivity index (χ1) is 10.2. The molecule has 2 atom stereocenters. The number of nitrogen functional groups attached to an aromatic ring is 1. The topological polar surface area (TPSA) is 73.3 Å². The molecule has 0 fully saturated rings. The van der Waals surface area contributed by atoms with Crippen LogP contribution in [0.15, 0.2) is 42.5 Å². The quantitative estimate of drug-likeness (QED) is 0.702. The van der Waals surface area contributed by atoms with Crippen LogP contribution in [0.2, 0.25) is 0 Å². The molecule has 1 unspecified atom stereocenters. The highest BCUT2D eigenvalue weighted by Gasteiger charge is 2.43. The Morgan fingerprint density at radius 1 is 1.14 bits per heavy atom. The second-order valence-corrected chi connectivity index (χ2v) is 5.91. The number of hydrogen-bond donors (Lipinski definition) is 3. The monoisotopic (exact) mass is 281 g/mol. The minimum atomic E-state index is -0.851. The van der Waals surface area contributed by atoms with Crippen molar-refractivity contribution in [2.75, 3.05) is 11.1 Å². The summed E-state index contributed by atoms with van der Waals surface area (Å²) < 4.78 is 6.00. The Balaban J connectivity index is 1.69. The minimum absolute atomic E-state index is 0.166. The Labute approximate surface area is 124 Å². The van der Waals surface area contributed by atoms with Gasteiger partial charge in [-0.3, -0.25) is 5.73 Å². The summed E-state index contributed by atoms with van der Waals surface area (Å²) >= 11 is 0. The Morgan fingerprint density at radius 3 is 2.90 bits per heavy atom. The van der Waals surface area contributed by atoms with Gasteiger partial charge in [0.05, 0.1) is 6.61 Å². The number of hydrogen-bond acceptors (Lipinski definition) is 4. The maximum absolute atomic E-state index is 6.57. The van der Waals surface area contributed by atoms with E-state index in [9.17, 15) is 0 Å². The Bertz CT molecular complexity index is 700. The molecule has 4 heteroatoms. The molecule has 21 heavy (non-hydrogen) atoms. The van der Waals surface area contributed by atoms with Gasteiger partial charge in [-0.05, 0) is 42.2 Å². The van der Waals surface area contributed by atoms with Crippen LogP contribution in [-0.4, -0.2) is 5.85 Å². The highest BCUT2D eigenvalue weighted by molar-refractivity contribution is 5.60. The molecule has 108 valence electrons. The van der Waals surface area contributed by atoms with Gasteiger partial charge in [-0.2, -0.15) is 0 Å². The van der Waals surface area contributed by atoms with Crippen LogP contribution in [0.3, 0.4) is 0 Å². The number of rotatable bonds is 1. The zero-order valence-electron chi connectivity index (χ0n) is 11.8. The summed E-state index contributed by atoms with van der Waals surface area (Å²) in [7, 11) is 0. The lowest BCUT2D eigenvalue weighted by molar-refractivity contribution is -0.0575. The van der Waals surface area contributed by atoms with E-state index in [0.717, 1.165) is 29.8 Å². The van der Waals surface area contributed by atoms with Crippen LogP contribution in [0, 0.1) is 0 Å². The van der Waals surface area contributed by atoms with Crippen molar-refractivity contribution in [1.29, 1.82) is 0 Å². The molecule has 0 radical (unpaired) electrons. The Morgan fingerprint density at radius 2 is 2.00 bits per heavy atom. The van der Waals surface area contributed by atoms with Crippen molar-refractivity contribution in [3.63, 3.8) is 0 Å². The molecule has 1 aliphatic heterocycles. The van der Waals surface area contributed by atoms with Gasteiger partial charge in [-0.15, -0.1) is 0 Å². The summed E-state index contributed by atoms with van der Waals surface area (Å²) in [6, 6.07) is 14.3. The van der Waals surface area contributed by atoms with E-state index >= 15 is 0 Å². The number of benzene rings is 2. The molecule has 2 aromatic rings. The van der Waals surface area contributed by atoms with E-state index < -0.39 is 5.85 Å². The highest BCUT2D eigenvalue weighted by Crippen LogP contribution is 2.43. The van der Waals surface area contributed by atoms with Crippen LogP contribution in [0.4, 0.5) is 11.4 Å². The highest BCUT2D eigenvalue weighted by atomic mass is 16.5. The molecule has 0 amide bonds. The Kier molecular flexibility index (Phi) is 2.71. The number of fused-ring (bicyclic) bond motifs is 2. The van der Waals surface area contributed by atoms with Crippen molar-refractivity contribution in [3.8, 4) is 0 Å². The number of ether oxygens (including phenoxy) is 1. The molecular formula is C17H19N3O. The zero-order valence-corrected chi connectivity index (χ0v) is 11.8. The maximum Gasteiger partial charge on any atom is 0.200 e. The van der Waals surface area contributed by atoms with Crippen molar-refractivity contribution < 1.29 is 4.74 Å². The fourth-order valence-corrected chi connectivity index (χ4v) is 3.49. The molecule has 1 heterocycles. The molecule has 0 saturated carbocycles. The Hall–Kier alpha value is -2.04. The van der Waals surface area contributed by atoms with Gasteiger partial charge in [0.15, 0.2) is 5.85 Å². The SMILES string of the molecule is Nc1ccc2c(c1)CO[C@@](N)(C1CCc3ccccc31)N2. The molecule has 0 aromatic heterocycles. The summed E-state index contributed by atoms with van der Waals surface area (Å²) in [6.07, 6.45) is 2.06. The minimum Gasteiger partial charge on any atom is -0.399 e. The first-order valence-corrected chi connectivity index (χ1v) is 7.33. The van der Waals surface area contributed by atoms with E-state index in [0.29, 0.717) is 6.61 Å². The van der Waals surface area contributed by atoms with Gasteiger partial charge in [0.25, 0.3) is 0 Å². The van der Waals surface area contributed by atoms with Crippen molar-refractivity contribution in [2.45, 2.75) is 31.2 Å².